The first-order valence-electron chi connectivity index (χ1n) is 6.26. The zero-order valence-electron chi connectivity index (χ0n) is 11.5. The lowest BCUT2D eigenvalue weighted by Gasteiger charge is -2.16. The number of carbonyl (C=O) groups is 1. The van der Waals surface area contributed by atoms with Gasteiger partial charge in [-0.15, -0.1) is 0 Å². The molecule has 1 aliphatic rings. The molecule has 0 spiro atoms. The zero-order valence-corrected chi connectivity index (χ0v) is 11.5. The third kappa shape index (κ3) is 2.92. The smallest absolute Gasteiger partial charge is 0.220 e. The lowest BCUT2D eigenvalue weighted by atomic mass is 10.0. The second-order valence-electron chi connectivity index (χ2n) is 4.54. The second kappa shape index (κ2) is 5.82. The molecule has 5 nitrogen and oxygen atoms in total. The van der Waals surface area contributed by atoms with Crippen LogP contribution in [0.4, 0.5) is 0 Å². The van der Waals surface area contributed by atoms with Crippen LogP contribution in [0.3, 0.4) is 0 Å². The van der Waals surface area contributed by atoms with E-state index in [1.807, 2.05) is 12.1 Å². The van der Waals surface area contributed by atoms with Crippen LogP contribution >= 0.6 is 0 Å². The molecule has 0 saturated carbocycles. The Kier molecular flexibility index (Phi) is 4.14. The molecule has 5 heteroatoms. The number of nitrogens with one attached hydrogen (secondary N) is 1. The molecule has 104 valence electrons. The maximum atomic E-state index is 11.2. The summed E-state index contributed by atoms with van der Waals surface area (Å²) < 4.78 is 15.9. The molecule has 1 aromatic rings. The first-order chi connectivity index (χ1) is 9.17. The van der Waals surface area contributed by atoms with Crippen LogP contribution in [-0.4, -0.2) is 33.3 Å². The van der Waals surface area contributed by atoms with Crippen molar-refractivity contribution in [3.63, 3.8) is 0 Å². The Labute approximate surface area is 112 Å². The van der Waals surface area contributed by atoms with E-state index in [9.17, 15) is 4.79 Å². The number of amides is 1. The van der Waals surface area contributed by atoms with Crippen molar-refractivity contribution in [3.8, 4) is 17.2 Å². The topological polar surface area (TPSA) is 56.8 Å². The summed E-state index contributed by atoms with van der Waals surface area (Å²) in [6.07, 6.45) is 2.24. The number of benzene rings is 1. The Hall–Kier alpha value is -1.91. The van der Waals surface area contributed by atoms with E-state index in [0.29, 0.717) is 23.7 Å². The van der Waals surface area contributed by atoms with Gasteiger partial charge >= 0.3 is 0 Å². The Morgan fingerprint density at radius 2 is 1.79 bits per heavy atom. The van der Waals surface area contributed by atoms with Gasteiger partial charge in [0.15, 0.2) is 11.5 Å². The molecule has 1 amide bonds. The highest BCUT2D eigenvalue weighted by Crippen LogP contribution is 2.38. The van der Waals surface area contributed by atoms with Gasteiger partial charge in [0.1, 0.15) is 0 Å². The highest BCUT2D eigenvalue weighted by molar-refractivity contribution is 5.78. The molecule has 0 bridgehead atoms. The summed E-state index contributed by atoms with van der Waals surface area (Å²) in [5.41, 5.74) is 1.06. The van der Waals surface area contributed by atoms with Crippen molar-refractivity contribution in [2.75, 3.05) is 21.3 Å². The summed E-state index contributed by atoms with van der Waals surface area (Å²) in [6.45, 7) is 0. The van der Waals surface area contributed by atoms with E-state index >= 15 is 0 Å². The second-order valence-corrected chi connectivity index (χ2v) is 4.54. The normalized spacial score (nSPS) is 18.1. The third-order valence-corrected chi connectivity index (χ3v) is 3.29. The van der Waals surface area contributed by atoms with E-state index in [4.69, 9.17) is 14.2 Å². The van der Waals surface area contributed by atoms with Crippen LogP contribution in [0.1, 0.15) is 18.4 Å². The van der Waals surface area contributed by atoms with Gasteiger partial charge in [-0.2, -0.15) is 0 Å². The Morgan fingerprint density at radius 3 is 2.21 bits per heavy atom. The van der Waals surface area contributed by atoms with Gasteiger partial charge < -0.3 is 19.5 Å². The number of rotatable bonds is 5. The van der Waals surface area contributed by atoms with Crippen LogP contribution in [0.15, 0.2) is 12.1 Å². The molecule has 0 aliphatic carbocycles. The molecule has 1 heterocycles. The van der Waals surface area contributed by atoms with E-state index in [-0.39, 0.29) is 11.9 Å². The fourth-order valence-corrected chi connectivity index (χ4v) is 2.37. The SMILES string of the molecule is COc1cc(CC2CCC(=O)N2)cc(OC)c1OC. The molecule has 0 radical (unpaired) electrons. The van der Waals surface area contributed by atoms with Crippen LogP contribution in [0.2, 0.25) is 0 Å². The van der Waals surface area contributed by atoms with Crippen molar-refractivity contribution in [3.05, 3.63) is 17.7 Å². The minimum Gasteiger partial charge on any atom is -0.493 e. The van der Waals surface area contributed by atoms with E-state index in [1.165, 1.54) is 0 Å². The Morgan fingerprint density at radius 1 is 1.16 bits per heavy atom. The summed E-state index contributed by atoms with van der Waals surface area (Å²) >= 11 is 0. The minimum atomic E-state index is 0.123. The van der Waals surface area contributed by atoms with Crippen molar-refractivity contribution in [2.24, 2.45) is 0 Å². The Bertz CT molecular complexity index is 448. The predicted octanol–water partition coefficient (Wildman–Crippen LogP) is 1.53. The lowest BCUT2D eigenvalue weighted by Crippen LogP contribution is -2.27. The van der Waals surface area contributed by atoms with Gasteiger partial charge in [-0.1, -0.05) is 0 Å². The van der Waals surface area contributed by atoms with Gasteiger partial charge in [0.2, 0.25) is 11.7 Å². The monoisotopic (exact) mass is 265 g/mol. The number of methoxy groups -OCH3 is 3. The van der Waals surface area contributed by atoms with Gasteiger partial charge in [0.25, 0.3) is 0 Å². The molecule has 2 rings (SSSR count). The molecular weight excluding hydrogens is 246 g/mol. The molecular formula is C14H19NO4. The highest BCUT2D eigenvalue weighted by atomic mass is 16.5. The van der Waals surface area contributed by atoms with Gasteiger partial charge in [-0.3, -0.25) is 4.79 Å². The molecule has 1 aliphatic heterocycles. The standard InChI is InChI=1S/C14H19NO4/c1-17-11-7-9(6-10-4-5-13(16)15-10)8-12(18-2)14(11)19-3/h7-8,10H,4-6H2,1-3H3,(H,15,16). The van der Waals surface area contributed by atoms with Crippen LogP contribution in [0, 0.1) is 0 Å². The summed E-state index contributed by atoms with van der Waals surface area (Å²) in [6, 6.07) is 4.03. The molecule has 0 aromatic heterocycles. The molecule has 1 unspecified atom stereocenters. The highest BCUT2D eigenvalue weighted by Gasteiger charge is 2.22. The number of ether oxygens (including phenoxy) is 3. The van der Waals surface area contributed by atoms with Crippen LogP contribution in [-0.2, 0) is 11.2 Å². The van der Waals surface area contributed by atoms with Gasteiger partial charge in [0.05, 0.1) is 21.3 Å². The lowest BCUT2D eigenvalue weighted by molar-refractivity contribution is -0.119. The van der Waals surface area contributed by atoms with E-state index in [0.717, 1.165) is 18.4 Å². The maximum absolute atomic E-state index is 11.2. The van der Waals surface area contributed by atoms with Crippen LogP contribution < -0.4 is 19.5 Å². The first-order valence-corrected chi connectivity index (χ1v) is 6.26. The molecule has 1 fully saturated rings. The van der Waals surface area contributed by atoms with E-state index in [2.05, 4.69) is 5.32 Å². The molecule has 1 saturated heterocycles. The number of hydrogen-bond donors (Lipinski definition) is 1. The van der Waals surface area contributed by atoms with Gasteiger partial charge in [-0.25, -0.2) is 0 Å². The number of carbonyl (C=O) groups excluding carboxylic acids is 1. The van der Waals surface area contributed by atoms with Crippen molar-refractivity contribution < 1.29 is 19.0 Å². The van der Waals surface area contributed by atoms with Crippen LogP contribution in [0.25, 0.3) is 0 Å². The summed E-state index contributed by atoms with van der Waals surface area (Å²) in [5, 5.41) is 2.95. The summed E-state index contributed by atoms with van der Waals surface area (Å²) in [5.74, 6) is 1.99. The largest absolute Gasteiger partial charge is 0.493 e. The van der Waals surface area contributed by atoms with Gasteiger partial charge in [0, 0.05) is 12.5 Å². The molecule has 1 N–H and O–H groups in total. The quantitative estimate of drug-likeness (QED) is 0.877. The molecule has 19 heavy (non-hydrogen) atoms. The molecule has 1 aromatic carbocycles. The fraction of sp³-hybridized carbons (Fsp3) is 0.500. The predicted molar refractivity (Wildman–Crippen MR) is 71.0 cm³/mol. The maximum Gasteiger partial charge on any atom is 0.220 e. The molecule has 1 atom stereocenters. The Balaban J connectivity index is 2.23. The average Bonchev–Trinajstić information content (AvgIpc) is 2.82. The average molecular weight is 265 g/mol. The zero-order chi connectivity index (χ0) is 13.8. The van der Waals surface area contributed by atoms with Crippen molar-refractivity contribution in [2.45, 2.75) is 25.3 Å². The first kappa shape index (κ1) is 13.5. The van der Waals surface area contributed by atoms with Crippen LogP contribution in [0.5, 0.6) is 17.2 Å². The van der Waals surface area contributed by atoms with Gasteiger partial charge in [-0.05, 0) is 30.5 Å². The van der Waals surface area contributed by atoms with E-state index in [1.54, 1.807) is 21.3 Å². The van der Waals surface area contributed by atoms with Crippen molar-refractivity contribution >= 4 is 5.91 Å². The summed E-state index contributed by atoms with van der Waals surface area (Å²) in [7, 11) is 4.77. The van der Waals surface area contributed by atoms with Crippen molar-refractivity contribution in [1.82, 2.24) is 5.32 Å². The third-order valence-electron chi connectivity index (χ3n) is 3.29. The van der Waals surface area contributed by atoms with E-state index < -0.39 is 0 Å². The minimum absolute atomic E-state index is 0.123. The van der Waals surface area contributed by atoms with Crippen molar-refractivity contribution in [1.29, 1.82) is 0 Å². The number of hydrogen-bond acceptors (Lipinski definition) is 4. The summed E-state index contributed by atoms with van der Waals surface area (Å²) in [4.78, 5) is 11.2. The fourth-order valence-electron chi connectivity index (χ4n) is 2.37.